The Morgan fingerprint density at radius 1 is 1.20 bits per heavy atom. The SMILES string of the molecule is O=C1CCC[C@H](C=Cc2ccccc2)C1. The largest absolute Gasteiger partial charge is 0.300 e. The Kier molecular flexibility index (Phi) is 3.33. The van der Waals surface area contributed by atoms with Gasteiger partial charge in [-0.1, -0.05) is 42.5 Å². The van der Waals surface area contributed by atoms with Crippen LogP contribution in [0.15, 0.2) is 36.4 Å². The van der Waals surface area contributed by atoms with Gasteiger partial charge in [0.2, 0.25) is 0 Å². The Hall–Kier alpha value is -1.37. The number of Topliss-reactive ketones (excluding diaryl/α,β-unsaturated/α-hetero) is 1. The normalized spacial score (nSPS) is 22.1. The molecule has 0 bridgehead atoms. The molecule has 0 unspecified atom stereocenters. The predicted molar refractivity (Wildman–Crippen MR) is 62.4 cm³/mol. The Labute approximate surface area is 90.8 Å². The number of hydrogen-bond donors (Lipinski definition) is 0. The number of carbonyl (C=O) groups excluding carboxylic acids is 1. The fourth-order valence-electron chi connectivity index (χ4n) is 2.03. The summed E-state index contributed by atoms with van der Waals surface area (Å²) in [5, 5.41) is 0. The fourth-order valence-corrected chi connectivity index (χ4v) is 2.03. The molecule has 0 N–H and O–H groups in total. The van der Waals surface area contributed by atoms with Gasteiger partial charge in [-0.25, -0.2) is 0 Å². The van der Waals surface area contributed by atoms with Crippen molar-refractivity contribution in [3.8, 4) is 0 Å². The molecule has 1 aromatic rings. The molecule has 15 heavy (non-hydrogen) atoms. The summed E-state index contributed by atoms with van der Waals surface area (Å²) in [7, 11) is 0. The van der Waals surface area contributed by atoms with Crippen LogP contribution in [-0.2, 0) is 4.79 Å². The van der Waals surface area contributed by atoms with Crippen LogP contribution in [0.3, 0.4) is 0 Å². The summed E-state index contributed by atoms with van der Waals surface area (Å²) in [6.45, 7) is 0. The van der Waals surface area contributed by atoms with Crippen molar-refractivity contribution >= 4 is 11.9 Å². The Morgan fingerprint density at radius 2 is 2.00 bits per heavy atom. The highest BCUT2D eigenvalue weighted by Gasteiger charge is 2.16. The molecule has 0 aliphatic heterocycles. The van der Waals surface area contributed by atoms with Crippen LogP contribution in [0.25, 0.3) is 6.08 Å². The van der Waals surface area contributed by atoms with Gasteiger partial charge in [0.15, 0.2) is 0 Å². The van der Waals surface area contributed by atoms with Crippen molar-refractivity contribution in [1.82, 2.24) is 0 Å². The van der Waals surface area contributed by atoms with Crippen molar-refractivity contribution in [2.24, 2.45) is 5.92 Å². The smallest absolute Gasteiger partial charge is 0.133 e. The third-order valence-corrected chi connectivity index (χ3v) is 2.88. The molecule has 1 heteroatoms. The molecule has 0 heterocycles. The number of benzene rings is 1. The van der Waals surface area contributed by atoms with Crippen LogP contribution in [0.4, 0.5) is 0 Å². The van der Waals surface area contributed by atoms with E-state index in [1.54, 1.807) is 0 Å². The van der Waals surface area contributed by atoms with Gasteiger partial charge in [0.25, 0.3) is 0 Å². The van der Waals surface area contributed by atoms with E-state index >= 15 is 0 Å². The minimum atomic E-state index is 0.420. The minimum absolute atomic E-state index is 0.420. The first-order chi connectivity index (χ1) is 7.34. The van der Waals surface area contributed by atoms with Gasteiger partial charge in [-0.15, -0.1) is 0 Å². The summed E-state index contributed by atoms with van der Waals surface area (Å²) in [6.07, 6.45) is 8.06. The second-order valence-electron chi connectivity index (χ2n) is 4.16. The Morgan fingerprint density at radius 3 is 2.73 bits per heavy atom. The van der Waals surface area contributed by atoms with Crippen LogP contribution in [0.2, 0.25) is 0 Å². The molecule has 1 saturated carbocycles. The predicted octanol–water partition coefficient (Wildman–Crippen LogP) is 3.46. The zero-order valence-electron chi connectivity index (χ0n) is 8.86. The number of carbonyl (C=O) groups is 1. The zero-order valence-corrected chi connectivity index (χ0v) is 8.86. The van der Waals surface area contributed by atoms with E-state index in [9.17, 15) is 4.79 Å². The molecule has 1 aromatic carbocycles. The van der Waals surface area contributed by atoms with E-state index in [1.165, 1.54) is 5.56 Å². The van der Waals surface area contributed by atoms with Crippen molar-refractivity contribution in [2.75, 3.05) is 0 Å². The first-order valence-electron chi connectivity index (χ1n) is 5.59. The van der Waals surface area contributed by atoms with E-state index in [2.05, 4.69) is 24.3 Å². The van der Waals surface area contributed by atoms with Gasteiger partial charge in [0.05, 0.1) is 0 Å². The topological polar surface area (TPSA) is 17.1 Å². The van der Waals surface area contributed by atoms with Crippen molar-refractivity contribution < 1.29 is 4.79 Å². The van der Waals surface area contributed by atoms with E-state index in [0.29, 0.717) is 11.7 Å². The molecule has 1 fully saturated rings. The number of ketones is 1. The molecule has 0 amide bonds. The average Bonchev–Trinajstić information content (AvgIpc) is 2.28. The highest BCUT2D eigenvalue weighted by Crippen LogP contribution is 2.23. The van der Waals surface area contributed by atoms with Gasteiger partial charge in [0.1, 0.15) is 5.78 Å². The van der Waals surface area contributed by atoms with E-state index in [4.69, 9.17) is 0 Å². The minimum Gasteiger partial charge on any atom is -0.300 e. The Balaban J connectivity index is 1.96. The molecule has 2 rings (SSSR count). The summed E-state index contributed by atoms with van der Waals surface area (Å²) >= 11 is 0. The third-order valence-electron chi connectivity index (χ3n) is 2.88. The van der Waals surface area contributed by atoms with Crippen molar-refractivity contribution in [2.45, 2.75) is 25.7 Å². The first kappa shape index (κ1) is 10.2. The summed E-state index contributed by atoms with van der Waals surface area (Å²) in [6, 6.07) is 10.3. The lowest BCUT2D eigenvalue weighted by Gasteiger charge is -2.16. The molecule has 1 aliphatic carbocycles. The van der Waals surface area contributed by atoms with Gasteiger partial charge in [-0.2, -0.15) is 0 Å². The van der Waals surface area contributed by atoms with Crippen molar-refractivity contribution in [3.63, 3.8) is 0 Å². The second-order valence-corrected chi connectivity index (χ2v) is 4.16. The molecule has 0 saturated heterocycles. The molecule has 1 aliphatic rings. The summed E-state index contributed by atoms with van der Waals surface area (Å²) in [5.74, 6) is 0.885. The van der Waals surface area contributed by atoms with Crippen LogP contribution in [-0.4, -0.2) is 5.78 Å². The molecular formula is C14H16O. The maximum atomic E-state index is 11.3. The maximum Gasteiger partial charge on any atom is 0.133 e. The zero-order chi connectivity index (χ0) is 10.5. The van der Waals surface area contributed by atoms with E-state index < -0.39 is 0 Å². The van der Waals surface area contributed by atoms with Gasteiger partial charge < -0.3 is 0 Å². The van der Waals surface area contributed by atoms with Crippen LogP contribution in [0, 0.1) is 5.92 Å². The first-order valence-corrected chi connectivity index (χ1v) is 5.59. The third kappa shape index (κ3) is 3.05. The molecule has 78 valence electrons. The van der Waals surface area contributed by atoms with Crippen molar-refractivity contribution in [1.29, 1.82) is 0 Å². The fraction of sp³-hybridized carbons (Fsp3) is 0.357. The lowest BCUT2D eigenvalue weighted by Crippen LogP contribution is -2.12. The van der Waals surface area contributed by atoms with Crippen LogP contribution >= 0.6 is 0 Å². The number of hydrogen-bond acceptors (Lipinski definition) is 1. The average molecular weight is 200 g/mol. The highest BCUT2D eigenvalue weighted by atomic mass is 16.1. The number of allylic oxidation sites excluding steroid dienone is 1. The quantitative estimate of drug-likeness (QED) is 0.714. The van der Waals surface area contributed by atoms with Crippen LogP contribution in [0.1, 0.15) is 31.2 Å². The van der Waals surface area contributed by atoms with Crippen molar-refractivity contribution in [3.05, 3.63) is 42.0 Å². The monoisotopic (exact) mass is 200 g/mol. The van der Waals surface area contributed by atoms with Gasteiger partial charge >= 0.3 is 0 Å². The van der Waals surface area contributed by atoms with Gasteiger partial charge in [-0.05, 0) is 24.3 Å². The van der Waals surface area contributed by atoms with Crippen LogP contribution < -0.4 is 0 Å². The van der Waals surface area contributed by atoms with E-state index in [1.807, 2.05) is 18.2 Å². The van der Waals surface area contributed by atoms with Crippen LogP contribution in [0.5, 0.6) is 0 Å². The van der Waals surface area contributed by atoms with Gasteiger partial charge in [-0.3, -0.25) is 4.79 Å². The Bertz CT molecular complexity index is 351. The summed E-state index contributed by atoms with van der Waals surface area (Å²) in [4.78, 5) is 11.3. The second kappa shape index (κ2) is 4.92. The highest BCUT2D eigenvalue weighted by molar-refractivity contribution is 5.79. The molecule has 1 atom stereocenters. The van der Waals surface area contributed by atoms with Gasteiger partial charge in [0, 0.05) is 12.8 Å². The van der Waals surface area contributed by atoms with E-state index in [-0.39, 0.29) is 0 Å². The molecule has 0 spiro atoms. The molecule has 1 nitrogen and oxygen atoms in total. The molecular weight excluding hydrogens is 184 g/mol. The maximum absolute atomic E-state index is 11.3. The molecule has 0 aromatic heterocycles. The summed E-state index contributed by atoms with van der Waals surface area (Å²) in [5.41, 5.74) is 1.22. The lowest BCUT2D eigenvalue weighted by atomic mass is 9.88. The molecule has 0 radical (unpaired) electrons. The summed E-state index contributed by atoms with van der Waals surface area (Å²) < 4.78 is 0. The number of rotatable bonds is 2. The lowest BCUT2D eigenvalue weighted by molar-refractivity contribution is -0.121. The van der Waals surface area contributed by atoms with E-state index in [0.717, 1.165) is 25.7 Å². The standard InChI is InChI=1S/C14H16O/c15-14-8-4-7-13(11-14)10-9-12-5-2-1-3-6-12/h1-3,5-6,9-10,13H,4,7-8,11H2/t13-/m1/s1.